The molecule has 4 heteroatoms. The Morgan fingerprint density at radius 3 is 2.61 bits per heavy atom. The fourth-order valence-corrected chi connectivity index (χ4v) is 2.44. The summed E-state index contributed by atoms with van der Waals surface area (Å²) in [6.07, 6.45) is 1.65. The average Bonchev–Trinajstić information content (AvgIpc) is 2.35. The highest BCUT2D eigenvalue weighted by Gasteiger charge is 2.43. The van der Waals surface area contributed by atoms with Crippen LogP contribution in [0.15, 0.2) is 30.3 Å². The predicted molar refractivity (Wildman–Crippen MR) is 69.8 cm³/mol. The largest absolute Gasteiger partial charge is 0.386 e. The molecule has 1 aromatic carbocycles. The number of rotatable bonds is 4. The smallest absolute Gasteiger partial charge is 0.244 e. The molecule has 1 aliphatic heterocycles. The summed E-state index contributed by atoms with van der Waals surface area (Å²) in [5, 5.41) is 10.0. The van der Waals surface area contributed by atoms with E-state index in [4.69, 9.17) is 5.73 Å². The predicted octanol–water partition coefficient (Wildman–Crippen LogP) is 1.06. The molecule has 3 N–H and O–H groups in total. The van der Waals surface area contributed by atoms with Crippen LogP contribution >= 0.6 is 0 Å². The van der Waals surface area contributed by atoms with Gasteiger partial charge in [-0.3, -0.25) is 4.79 Å². The van der Waals surface area contributed by atoms with Gasteiger partial charge in [-0.25, -0.2) is 0 Å². The van der Waals surface area contributed by atoms with Gasteiger partial charge in [-0.2, -0.15) is 0 Å². The van der Waals surface area contributed by atoms with Crippen molar-refractivity contribution in [1.29, 1.82) is 0 Å². The van der Waals surface area contributed by atoms with Gasteiger partial charge in [0.15, 0.2) is 0 Å². The fraction of sp³-hybridized carbons (Fsp3) is 0.500. The lowest BCUT2D eigenvalue weighted by atomic mass is 9.88. The summed E-state index contributed by atoms with van der Waals surface area (Å²) in [6, 6.07) is 8.70. The molecule has 0 saturated carbocycles. The Balaban J connectivity index is 1.94. The third kappa shape index (κ3) is 2.54. The number of benzene rings is 1. The van der Waals surface area contributed by atoms with Crippen LogP contribution < -0.4 is 5.73 Å². The molecule has 0 radical (unpaired) electrons. The van der Waals surface area contributed by atoms with Gasteiger partial charge in [0.1, 0.15) is 6.04 Å². The summed E-state index contributed by atoms with van der Waals surface area (Å²) in [7, 11) is 0. The SMILES string of the molecule is CCCC1(O)CN(C(=O)[C@H](N)c2ccccc2)C1. The van der Waals surface area contributed by atoms with Crippen LogP contribution in [0.2, 0.25) is 0 Å². The van der Waals surface area contributed by atoms with Crippen molar-refractivity contribution in [2.45, 2.75) is 31.4 Å². The third-order valence-electron chi connectivity index (χ3n) is 3.42. The zero-order valence-corrected chi connectivity index (χ0v) is 10.7. The summed E-state index contributed by atoms with van der Waals surface area (Å²) < 4.78 is 0. The van der Waals surface area contributed by atoms with Crippen LogP contribution in [0.1, 0.15) is 31.4 Å². The maximum atomic E-state index is 12.1. The van der Waals surface area contributed by atoms with Gasteiger partial charge in [0.2, 0.25) is 5.91 Å². The van der Waals surface area contributed by atoms with Crippen LogP contribution in [0.4, 0.5) is 0 Å². The van der Waals surface area contributed by atoms with Gasteiger partial charge in [-0.15, -0.1) is 0 Å². The van der Waals surface area contributed by atoms with Gasteiger partial charge < -0.3 is 15.7 Å². The minimum atomic E-state index is -0.694. The summed E-state index contributed by atoms with van der Waals surface area (Å²) in [4.78, 5) is 13.7. The van der Waals surface area contributed by atoms with Crippen molar-refractivity contribution in [2.75, 3.05) is 13.1 Å². The molecular formula is C14H20N2O2. The number of carbonyl (C=O) groups is 1. The molecule has 0 unspecified atom stereocenters. The number of nitrogens with two attached hydrogens (primary N) is 1. The minimum Gasteiger partial charge on any atom is -0.386 e. The van der Waals surface area contributed by atoms with Crippen LogP contribution in [0, 0.1) is 0 Å². The van der Waals surface area contributed by atoms with Crippen LogP contribution in [-0.2, 0) is 4.79 Å². The second-order valence-corrected chi connectivity index (χ2v) is 5.06. The zero-order valence-electron chi connectivity index (χ0n) is 10.7. The summed E-state index contributed by atoms with van der Waals surface area (Å²) in [5.74, 6) is -0.109. The lowest BCUT2D eigenvalue weighted by Crippen LogP contribution is -2.64. The Morgan fingerprint density at radius 2 is 2.06 bits per heavy atom. The zero-order chi connectivity index (χ0) is 13.2. The summed E-state index contributed by atoms with van der Waals surface area (Å²) >= 11 is 0. The van der Waals surface area contributed by atoms with Gasteiger partial charge >= 0.3 is 0 Å². The number of amides is 1. The van der Waals surface area contributed by atoms with Crippen LogP contribution in [0.25, 0.3) is 0 Å². The number of carbonyl (C=O) groups excluding carboxylic acids is 1. The van der Waals surface area contributed by atoms with Crippen molar-refractivity contribution >= 4 is 5.91 Å². The molecule has 0 spiro atoms. The van der Waals surface area contributed by atoms with Crippen molar-refractivity contribution in [1.82, 2.24) is 4.90 Å². The lowest BCUT2D eigenvalue weighted by Gasteiger charge is -2.47. The van der Waals surface area contributed by atoms with Crippen LogP contribution in [-0.4, -0.2) is 34.6 Å². The molecule has 4 nitrogen and oxygen atoms in total. The lowest BCUT2D eigenvalue weighted by molar-refractivity contribution is -0.158. The quantitative estimate of drug-likeness (QED) is 0.837. The molecule has 1 saturated heterocycles. The third-order valence-corrected chi connectivity index (χ3v) is 3.42. The van der Waals surface area contributed by atoms with Crippen molar-refractivity contribution in [3.63, 3.8) is 0 Å². The fourth-order valence-electron chi connectivity index (χ4n) is 2.44. The molecule has 1 aromatic rings. The highest BCUT2D eigenvalue weighted by Crippen LogP contribution is 2.28. The number of hydrogen-bond acceptors (Lipinski definition) is 3. The first-order valence-corrected chi connectivity index (χ1v) is 6.37. The van der Waals surface area contributed by atoms with E-state index in [0.29, 0.717) is 13.1 Å². The maximum Gasteiger partial charge on any atom is 0.244 e. The van der Waals surface area contributed by atoms with E-state index in [1.54, 1.807) is 4.90 Å². The molecule has 1 aliphatic rings. The van der Waals surface area contributed by atoms with Crippen molar-refractivity contribution in [2.24, 2.45) is 5.73 Å². The van der Waals surface area contributed by atoms with Crippen LogP contribution in [0.5, 0.6) is 0 Å². The van der Waals surface area contributed by atoms with E-state index in [1.165, 1.54) is 0 Å². The maximum absolute atomic E-state index is 12.1. The molecule has 2 rings (SSSR count). The monoisotopic (exact) mass is 248 g/mol. The second-order valence-electron chi connectivity index (χ2n) is 5.06. The standard InChI is InChI=1S/C14H20N2O2/c1-2-8-14(18)9-16(10-14)13(17)12(15)11-6-4-3-5-7-11/h3-7,12,18H,2,8-10,15H2,1H3/t12-/m1/s1. The van der Waals surface area contributed by atoms with Crippen molar-refractivity contribution < 1.29 is 9.90 Å². The van der Waals surface area contributed by atoms with E-state index in [1.807, 2.05) is 37.3 Å². The van der Waals surface area contributed by atoms with E-state index >= 15 is 0 Å². The normalized spacial score (nSPS) is 19.2. The highest BCUT2D eigenvalue weighted by atomic mass is 16.3. The molecule has 18 heavy (non-hydrogen) atoms. The number of nitrogens with zero attached hydrogens (tertiary/aromatic N) is 1. The Bertz CT molecular complexity index is 413. The Morgan fingerprint density at radius 1 is 1.44 bits per heavy atom. The van der Waals surface area contributed by atoms with Crippen molar-refractivity contribution in [3.8, 4) is 0 Å². The number of aliphatic hydroxyl groups is 1. The molecule has 1 amide bonds. The van der Waals surface area contributed by atoms with Crippen LogP contribution in [0.3, 0.4) is 0 Å². The first-order chi connectivity index (χ1) is 8.56. The minimum absolute atomic E-state index is 0.109. The molecule has 1 heterocycles. The van der Waals surface area contributed by atoms with E-state index in [2.05, 4.69) is 0 Å². The van der Waals surface area contributed by atoms with Gasteiger partial charge in [-0.1, -0.05) is 43.7 Å². The van der Waals surface area contributed by atoms with E-state index < -0.39 is 11.6 Å². The van der Waals surface area contributed by atoms with Gasteiger partial charge in [0.25, 0.3) is 0 Å². The van der Waals surface area contributed by atoms with E-state index in [-0.39, 0.29) is 5.91 Å². The van der Waals surface area contributed by atoms with Gasteiger partial charge in [0.05, 0.1) is 18.7 Å². The Hall–Kier alpha value is -1.39. The summed E-state index contributed by atoms with van der Waals surface area (Å²) in [6.45, 7) is 2.83. The Labute approximate surface area is 107 Å². The van der Waals surface area contributed by atoms with E-state index in [9.17, 15) is 9.90 Å². The van der Waals surface area contributed by atoms with Gasteiger partial charge in [-0.05, 0) is 12.0 Å². The van der Waals surface area contributed by atoms with E-state index in [0.717, 1.165) is 18.4 Å². The number of β-amino-alcohol motifs (C(OH)–C–C–N with tert-alkyl or cyclic N) is 1. The van der Waals surface area contributed by atoms with Crippen molar-refractivity contribution in [3.05, 3.63) is 35.9 Å². The molecule has 0 bridgehead atoms. The average molecular weight is 248 g/mol. The Kier molecular flexibility index (Phi) is 3.68. The molecule has 0 aromatic heterocycles. The molecule has 0 aliphatic carbocycles. The second kappa shape index (κ2) is 5.08. The molecule has 98 valence electrons. The topological polar surface area (TPSA) is 66.6 Å². The van der Waals surface area contributed by atoms with Gasteiger partial charge in [0, 0.05) is 0 Å². The molecule has 1 fully saturated rings. The molecule has 1 atom stereocenters. The first kappa shape index (κ1) is 13.1. The number of likely N-dealkylation sites (tertiary alicyclic amines) is 1. The highest BCUT2D eigenvalue weighted by molar-refractivity contribution is 5.84. The first-order valence-electron chi connectivity index (χ1n) is 6.37. The summed E-state index contributed by atoms with van der Waals surface area (Å²) in [5.41, 5.74) is 6.06. The number of hydrogen-bond donors (Lipinski definition) is 2. The molecular weight excluding hydrogens is 228 g/mol.